The maximum absolute atomic E-state index is 10.9. The fourth-order valence-corrected chi connectivity index (χ4v) is 0.560. The molecule has 1 aromatic rings. The van der Waals surface area contributed by atoms with Crippen LogP contribution in [0.15, 0.2) is 12.3 Å². The van der Waals surface area contributed by atoms with E-state index in [2.05, 4.69) is 10.2 Å². The van der Waals surface area contributed by atoms with Gasteiger partial charge in [0.05, 0.1) is 0 Å². The molecule has 0 aliphatic rings. The molecule has 5 nitrogen and oxygen atoms in total. The Labute approximate surface area is 57.8 Å². The molecule has 54 valence electrons. The predicted molar refractivity (Wildman–Crippen MR) is 34.9 cm³/mol. The number of carbonyl (C=O) groups excluding carboxylic acids is 1. The highest BCUT2D eigenvalue weighted by Gasteiger charge is 2.08. The lowest BCUT2D eigenvalue weighted by Gasteiger charge is -2.05. The average molecular weight is 140 g/mol. The van der Waals surface area contributed by atoms with Crippen molar-refractivity contribution in [1.82, 2.24) is 15.2 Å². The topological polar surface area (TPSA) is 75.0 Å². The third-order valence-electron chi connectivity index (χ3n) is 1.04. The average Bonchev–Trinajstić information content (AvgIpc) is 2.36. The first-order valence-corrected chi connectivity index (χ1v) is 2.74. The number of nitrogens with two attached hydrogens (primary N) is 1. The number of aromatic nitrogens is 2. The Bertz CT molecular complexity index is 216. The number of aromatic amines is 1. The predicted octanol–water partition coefficient (Wildman–Crippen LogP) is -0.645. The van der Waals surface area contributed by atoms with Crippen LogP contribution in [0.2, 0.25) is 0 Å². The molecule has 0 unspecified atom stereocenters. The van der Waals surface area contributed by atoms with E-state index in [1.807, 2.05) is 0 Å². The third-order valence-corrected chi connectivity index (χ3v) is 1.04. The number of H-pyrrole nitrogens is 1. The molecule has 0 bridgehead atoms. The van der Waals surface area contributed by atoms with Crippen molar-refractivity contribution in [3.63, 3.8) is 0 Å². The van der Waals surface area contributed by atoms with Gasteiger partial charge in [-0.25, -0.2) is 5.84 Å². The van der Waals surface area contributed by atoms with E-state index in [4.69, 9.17) is 5.84 Å². The molecule has 1 amide bonds. The van der Waals surface area contributed by atoms with Gasteiger partial charge < -0.3 is 0 Å². The van der Waals surface area contributed by atoms with Crippen LogP contribution >= 0.6 is 0 Å². The lowest BCUT2D eigenvalue weighted by molar-refractivity contribution is 0.0789. The molecule has 1 rings (SSSR count). The monoisotopic (exact) mass is 140 g/mol. The Morgan fingerprint density at radius 3 is 3.00 bits per heavy atom. The molecule has 0 atom stereocenters. The molecular weight excluding hydrogens is 132 g/mol. The summed E-state index contributed by atoms with van der Waals surface area (Å²) in [5.74, 6) is 4.85. The van der Waals surface area contributed by atoms with Crippen LogP contribution in [0.1, 0.15) is 10.5 Å². The van der Waals surface area contributed by atoms with Crippen molar-refractivity contribution in [2.45, 2.75) is 0 Å². The Morgan fingerprint density at radius 1 is 1.90 bits per heavy atom. The normalized spacial score (nSPS) is 9.40. The van der Waals surface area contributed by atoms with Gasteiger partial charge in [-0.3, -0.25) is 14.9 Å². The maximum Gasteiger partial charge on any atom is 0.287 e. The number of hydrogen-bond donors (Lipinski definition) is 2. The summed E-state index contributed by atoms with van der Waals surface area (Å²) in [7, 11) is 1.47. The van der Waals surface area contributed by atoms with Gasteiger partial charge in [-0.15, -0.1) is 0 Å². The zero-order valence-electron chi connectivity index (χ0n) is 5.53. The van der Waals surface area contributed by atoms with Crippen LogP contribution in [0, 0.1) is 0 Å². The number of nitrogens with zero attached hydrogens (tertiary/aromatic N) is 2. The molecule has 0 spiro atoms. The van der Waals surface area contributed by atoms with Gasteiger partial charge in [0.25, 0.3) is 5.91 Å². The van der Waals surface area contributed by atoms with E-state index in [9.17, 15) is 4.79 Å². The minimum absolute atomic E-state index is 0.304. The molecule has 0 aliphatic carbocycles. The molecule has 0 saturated heterocycles. The van der Waals surface area contributed by atoms with E-state index in [-0.39, 0.29) is 5.91 Å². The lowest BCUT2D eigenvalue weighted by Crippen LogP contribution is -2.33. The summed E-state index contributed by atoms with van der Waals surface area (Å²) in [6.07, 6.45) is 1.57. The number of hydrogen-bond acceptors (Lipinski definition) is 3. The third kappa shape index (κ3) is 1.14. The molecular formula is C5H8N4O. The fourth-order valence-electron chi connectivity index (χ4n) is 0.560. The van der Waals surface area contributed by atoms with Gasteiger partial charge in [-0.05, 0) is 6.07 Å². The number of carbonyl (C=O) groups is 1. The van der Waals surface area contributed by atoms with Gasteiger partial charge in [0.2, 0.25) is 0 Å². The minimum atomic E-state index is -0.304. The van der Waals surface area contributed by atoms with Gasteiger partial charge in [0, 0.05) is 13.2 Å². The molecule has 1 heterocycles. The van der Waals surface area contributed by atoms with Crippen molar-refractivity contribution in [2.75, 3.05) is 7.05 Å². The molecule has 5 heteroatoms. The summed E-state index contributed by atoms with van der Waals surface area (Å²) >= 11 is 0. The second kappa shape index (κ2) is 2.49. The number of hydrazine groups is 1. The van der Waals surface area contributed by atoms with Gasteiger partial charge in [-0.1, -0.05) is 0 Å². The minimum Gasteiger partial charge on any atom is -0.285 e. The Kier molecular flexibility index (Phi) is 1.68. The molecule has 0 fully saturated rings. The summed E-state index contributed by atoms with van der Waals surface area (Å²) in [6, 6.07) is 1.56. The van der Waals surface area contributed by atoms with E-state index < -0.39 is 0 Å². The molecule has 0 aliphatic heterocycles. The maximum atomic E-state index is 10.9. The molecule has 1 aromatic heterocycles. The molecule has 0 radical (unpaired) electrons. The first-order valence-electron chi connectivity index (χ1n) is 2.74. The first kappa shape index (κ1) is 6.76. The van der Waals surface area contributed by atoms with Gasteiger partial charge >= 0.3 is 0 Å². The molecule has 3 N–H and O–H groups in total. The second-order valence-electron chi connectivity index (χ2n) is 1.88. The van der Waals surface area contributed by atoms with Crippen LogP contribution in [0.4, 0.5) is 0 Å². The second-order valence-corrected chi connectivity index (χ2v) is 1.88. The first-order chi connectivity index (χ1) is 4.72. The van der Waals surface area contributed by atoms with Crippen molar-refractivity contribution < 1.29 is 4.79 Å². The highest BCUT2D eigenvalue weighted by Crippen LogP contribution is 1.92. The largest absolute Gasteiger partial charge is 0.287 e. The molecule has 0 aromatic carbocycles. The number of rotatable bonds is 1. The number of nitrogens with one attached hydrogen (secondary N) is 1. The quantitative estimate of drug-likeness (QED) is 0.309. The van der Waals surface area contributed by atoms with E-state index in [1.54, 1.807) is 12.3 Å². The van der Waals surface area contributed by atoms with E-state index in [0.29, 0.717) is 5.69 Å². The van der Waals surface area contributed by atoms with Crippen LogP contribution in [0.3, 0.4) is 0 Å². The standard InChI is InChI=1S/C5H8N4O/c1-9(6)5(10)4-2-3-7-8-4/h2-3H,6H2,1H3,(H,7,8). The van der Waals surface area contributed by atoms with Crippen LogP contribution in [-0.4, -0.2) is 28.2 Å². The summed E-state index contributed by atoms with van der Waals surface area (Å²) < 4.78 is 0. The van der Waals surface area contributed by atoms with Crippen molar-refractivity contribution in [3.05, 3.63) is 18.0 Å². The summed E-state index contributed by atoms with van der Waals surface area (Å²) in [5.41, 5.74) is 0.324. The van der Waals surface area contributed by atoms with E-state index in [1.165, 1.54) is 7.05 Å². The van der Waals surface area contributed by atoms with Gasteiger partial charge in [0.1, 0.15) is 0 Å². The fraction of sp³-hybridized carbons (Fsp3) is 0.200. The van der Waals surface area contributed by atoms with E-state index >= 15 is 0 Å². The highest BCUT2D eigenvalue weighted by molar-refractivity contribution is 5.91. The Morgan fingerprint density at radius 2 is 2.60 bits per heavy atom. The summed E-state index contributed by atoms with van der Waals surface area (Å²) in [4.78, 5) is 10.9. The smallest absolute Gasteiger partial charge is 0.285 e. The van der Waals surface area contributed by atoms with Crippen molar-refractivity contribution in [3.8, 4) is 0 Å². The highest BCUT2D eigenvalue weighted by atomic mass is 16.2. The van der Waals surface area contributed by atoms with Crippen molar-refractivity contribution in [2.24, 2.45) is 5.84 Å². The zero-order chi connectivity index (χ0) is 7.56. The van der Waals surface area contributed by atoms with Crippen molar-refractivity contribution >= 4 is 5.91 Å². The van der Waals surface area contributed by atoms with Crippen LogP contribution in [0.5, 0.6) is 0 Å². The Balaban J connectivity index is 2.78. The van der Waals surface area contributed by atoms with Gasteiger partial charge in [0.15, 0.2) is 5.69 Å². The van der Waals surface area contributed by atoms with Crippen LogP contribution in [-0.2, 0) is 0 Å². The zero-order valence-corrected chi connectivity index (χ0v) is 5.53. The Hall–Kier alpha value is -1.36. The van der Waals surface area contributed by atoms with E-state index in [0.717, 1.165) is 5.01 Å². The van der Waals surface area contributed by atoms with Crippen LogP contribution in [0.25, 0.3) is 0 Å². The summed E-state index contributed by atoms with van der Waals surface area (Å²) in [5, 5.41) is 7.14. The molecule has 10 heavy (non-hydrogen) atoms. The lowest BCUT2D eigenvalue weighted by atomic mass is 10.4. The van der Waals surface area contributed by atoms with Gasteiger partial charge in [-0.2, -0.15) is 5.10 Å². The molecule has 0 saturated carbocycles. The SMILES string of the molecule is CN(N)C(=O)c1cc[nH]n1. The van der Waals surface area contributed by atoms with Crippen molar-refractivity contribution in [1.29, 1.82) is 0 Å². The van der Waals surface area contributed by atoms with Crippen LogP contribution < -0.4 is 5.84 Å². The summed E-state index contributed by atoms with van der Waals surface area (Å²) in [6.45, 7) is 0. The number of amides is 1.